The Morgan fingerprint density at radius 2 is 1.10 bits per heavy atom. The first-order valence-corrected chi connectivity index (χ1v) is 28.0. The van der Waals surface area contributed by atoms with E-state index in [2.05, 4.69) is 177 Å². The lowest BCUT2D eigenvalue weighted by atomic mass is 9.99. The number of thiophene rings is 1. The number of aromatic nitrogens is 4. The van der Waals surface area contributed by atoms with Crippen LogP contribution in [0.5, 0.6) is 0 Å². The molecule has 0 aliphatic carbocycles. The van der Waals surface area contributed by atoms with E-state index < -0.39 is 0 Å². The molecule has 0 fully saturated rings. The first-order valence-electron chi connectivity index (χ1n) is 25.6. The van der Waals surface area contributed by atoms with Gasteiger partial charge in [-0.25, -0.2) is 9.97 Å². The van der Waals surface area contributed by atoms with Crippen molar-refractivity contribution >= 4 is 89.3 Å². The van der Waals surface area contributed by atoms with Gasteiger partial charge in [-0.05, 0) is 136 Å². The van der Waals surface area contributed by atoms with Crippen molar-refractivity contribution in [3.8, 4) is 32.1 Å². The predicted molar refractivity (Wildman–Crippen MR) is 345 cm³/mol. The molecule has 0 unspecified atom stereocenters. The van der Waals surface area contributed by atoms with E-state index in [1.54, 1.807) is 29.2 Å². The fourth-order valence-electron chi connectivity index (χ4n) is 9.08. The first kappa shape index (κ1) is 55.5. The van der Waals surface area contributed by atoms with Crippen molar-refractivity contribution in [1.29, 1.82) is 0 Å². The highest BCUT2D eigenvalue weighted by atomic mass is 32.2. The van der Waals surface area contributed by atoms with Gasteiger partial charge in [0.05, 0.1) is 23.1 Å². The van der Waals surface area contributed by atoms with E-state index in [4.69, 9.17) is 18.7 Å². The third-order valence-corrected chi connectivity index (χ3v) is 15.3. The monoisotopic (exact) mass is 1070 g/mol. The van der Waals surface area contributed by atoms with Gasteiger partial charge in [-0.1, -0.05) is 184 Å². The van der Waals surface area contributed by atoms with E-state index in [1.165, 1.54) is 11.7 Å². The number of hydrogen-bond donors (Lipinski definition) is 0. The summed E-state index contributed by atoms with van der Waals surface area (Å²) in [5.41, 5.74) is 16.1. The number of anilines is 3. The van der Waals surface area contributed by atoms with Crippen LogP contribution >= 0.6 is 34.8 Å². The normalized spacial score (nSPS) is 12.9. The quantitative estimate of drug-likeness (QED) is 0.0627. The molecule has 0 N–H and O–H groups in total. The Morgan fingerprint density at radius 1 is 0.526 bits per heavy atom. The molecule has 0 saturated heterocycles. The zero-order valence-corrected chi connectivity index (χ0v) is 47.3. The number of thioether (sulfide) groups is 1. The second-order valence-electron chi connectivity index (χ2n) is 17.5. The van der Waals surface area contributed by atoms with Gasteiger partial charge in [0.1, 0.15) is 22.1 Å². The zero-order valence-electron chi connectivity index (χ0n) is 44.8. The van der Waals surface area contributed by atoms with Crippen LogP contribution in [-0.4, -0.2) is 18.7 Å². The number of nitrogens with zero attached hydrogens (tertiary/aromatic N) is 6. The van der Waals surface area contributed by atoms with Gasteiger partial charge in [0, 0.05) is 70.4 Å². The SMILES string of the molecule is C=C/C=C\C(=C/C)c1nc2c(/C(=C/C)SC(=C)c3ccc(N(C(/C=C\C)=C/C=C)c4ccccc4)cc3)c3nsnc3c(-c3ccc(-c4ccc(N(C(/C=C\C)=C/C=C)C(/C=C\C)=C/C=C)cc4)s3)c2nc1-c1ccccc1. The molecular formula is C69H62N6S3. The molecule has 5 aromatic carbocycles. The maximum atomic E-state index is 5.70. The molecule has 0 bridgehead atoms. The number of allylic oxidation sites excluding steroid dienone is 18. The maximum absolute atomic E-state index is 5.70. The van der Waals surface area contributed by atoms with Gasteiger partial charge in [0.15, 0.2) is 0 Å². The average Bonchev–Trinajstić information content (AvgIpc) is 4.28. The highest BCUT2D eigenvalue weighted by Crippen LogP contribution is 2.49. The van der Waals surface area contributed by atoms with E-state index in [0.717, 1.165) is 115 Å². The highest BCUT2D eigenvalue weighted by molar-refractivity contribution is 8.16. The van der Waals surface area contributed by atoms with E-state index in [9.17, 15) is 0 Å². The van der Waals surface area contributed by atoms with E-state index in [0.29, 0.717) is 5.52 Å². The Bertz CT molecular complexity index is 3750. The van der Waals surface area contributed by atoms with Gasteiger partial charge in [0.2, 0.25) is 0 Å². The molecular weight excluding hydrogens is 1010 g/mol. The molecule has 0 aliphatic heterocycles. The molecule has 0 saturated carbocycles. The van der Waals surface area contributed by atoms with Gasteiger partial charge in [-0.2, -0.15) is 8.75 Å². The third kappa shape index (κ3) is 12.1. The van der Waals surface area contributed by atoms with E-state index in [1.807, 2.05) is 119 Å². The Labute approximate surface area is 473 Å². The van der Waals surface area contributed by atoms with E-state index in [-0.39, 0.29) is 0 Å². The standard InChI is InChI=1S/C69H62N6S3/c1-11-20-33-49(18-8)64-65(52-34-23-21-24-35-52)71-67-63(61-47-46-60(77-61)51-40-44-58(45-41-51)74(53(27-12-2)28-13-3)54(29-14-4)30-15-5)69-68(72-78-73-69)62(66(67)70-64)59(19-9)76-48(10)50-38-42-57(43-39-50)75(55(31-16-6)32-17-7)56-36-25-22-26-37-56/h11-47H,1-2,4,6,10H2,3,5,7-9H3/b28-13-,30-15-,32-17-,33-20-,49-18+,53-27+,54-29+,55-31+,59-19-. The Balaban J connectivity index is 1.28. The summed E-state index contributed by atoms with van der Waals surface area (Å²) in [5, 5.41) is 0. The molecule has 6 nitrogen and oxygen atoms in total. The third-order valence-electron chi connectivity index (χ3n) is 12.5. The molecule has 3 aromatic heterocycles. The number of hydrogen-bond acceptors (Lipinski definition) is 9. The summed E-state index contributed by atoms with van der Waals surface area (Å²) in [7, 11) is 0. The molecule has 386 valence electrons. The highest BCUT2D eigenvalue weighted by Gasteiger charge is 2.28. The number of fused-ring (bicyclic) bond motifs is 2. The van der Waals surface area contributed by atoms with Crippen LogP contribution in [0.2, 0.25) is 0 Å². The molecule has 8 aromatic rings. The fraction of sp³-hybridized carbons (Fsp3) is 0.0725. The van der Waals surface area contributed by atoms with Crippen molar-refractivity contribution in [2.45, 2.75) is 34.6 Å². The molecule has 0 aliphatic rings. The maximum Gasteiger partial charge on any atom is 0.116 e. The Kier molecular flexibility index (Phi) is 19.1. The predicted octanol–water partition coefficient (Wildman–Crippen LogP) is 20.5. The average molecular weight is 1070 g/mol. The smallest absolute Gasteiger partial charge is 0.116 e. The topological polar surface area (TPSA) is 58.0 Å². The number of rotatable bonds is 22. The summed E-state index contributed by atoms with van der Waals surface area (Å²) in [6.45, 7) is 30.8. The van der Waals surface area contributed by atoms with Crippen LogP contribution < -0.4 is 9.80 Å². The van der Waals surface area contributed by atoms with Crippen LogP contribution in [0, 0.1) is 0 Å². The number of benzene rings is 5. The summed E-state index contributed by atoms with van der Waals surface area (Å²) in [5.74, 6) is 0. The molecule has 0 spiro atoms. The van der Waals surface area contributed by atoms with Crippen LogP contribution in [0.3, 0.4) is 0 Å². The lowest BCUT2D eigenvalue weighted by Gasteiger charge is -2.27. The molecule has 0 radical (unpaired) electrons. The van der Waals surface area contributed by atoms with Crippen LogP contribution in [0.1, 0.15) is 51.4 Å². The fourth-order valence-corrected chi connectivity index (χ4v) is 11.6. The van der Waals surface area contributed by atoms with Crippen molar-refractivity contribution in [3.63, 3.8) is 0 Å². The van der Waals surface area contributed by atoms with Gasteiger partial charge in [0.25, 0.3) is 0 Å². The molecule has 0 atom stereocenters. The molecule has 8 rings (SSSR count). The minimum atomic E-state index is 0.715. The van der Waals surface area contributed by atoms with Gasteiger partial charge < -0.3 is 9.80 Å². The molecule has 0 amide bonds. The van der Waals surface area contributed by atoms with Crippen LogP contribution in [0.15, 0.2) is 275 Å². The summed E-state index contributed by atoms with van der Waals surface area (Å²) >= 11 is 4.48. The van der Waals surface area contributed by atoms with Crippen molar-refractivity contribution < 1.29 is 0 Å². The Morgan fingerprint density at radius 3 is 1.71 bits per heavy atom. The van der Waals surface area contributed by atoms with E-state index >= 15 is 0 Å². The van der Waals surface area contributed by atoms with Crippen molar-refractivity contribution in [2.24, 2.45) is 0 Å². The van der Waals surface area contributed by atoms with Crippen LogP contribution in [0.4, 0.5) is 17.1 Å². The Hall–Kier alpha value is -8.73. The van der Waals surface area contributed by atoms with Crippen molar-refractivity contribution in [1.82, 2.24) is 18.7 Å². The second-order valence-corrected chi connectivity index (χ2v) is 20.2. The first-order chi connectivity index (χ1) is 38.2. The van der Waals surface area contributed by atoms with Crippen LogP contribution in [-0.2, 0) is 0 Å². The van der Waals surface area contributed by atoms with Gasteiger partial charge in [-0.15, -0.1) is 11.3 Å². The second kappa shape index (κ2) is 26.8. The summed E-state index contributed by atoms with van der Waals surface area (Å²) in [6, 6.07) is 42.2. The van der Waals surface area contributed by atoms with Crippen molar-refractivity contribution in [3.05, 3.63) is 291 Å². The lowest BCUT2D eigenvalue weighted by molar-refractivity contribution is 1.14. The van der Waals surface area contributed by atoms with Crippen LogP contribution in [0.25, 0.3) is 69.6 Å². The van der Waals surface area contributed by atoms with Crippen molar-refractivity contribution in [2.75, 3.05) is 9.80 Å². The summed E-state index contributed by atoms with van der Waals surface area (Å²) in [6.07, 6.45) is 33.8. The largest absolute Gasteiger partial charge is 0.311 e. The molecule has 78 heavy (non-hydrogen) atoms. The van der Waals surface area contributed by atoms with Gasteiger partial charge in [-0.3, -0.25) is 0 Å². The summed E-state index contributed by atoms with van der Waals surface area (Å²) in [4.78, 5) is 19.7. The number of para-hydroxylation sites is 1. The molecule has 9 heteroatoms. The minimum absolute atomic E-state index is 0.715. The minimum Gasteiger partial charge on any atom is -0.311 e. The lowest BCUT2D eigenvalue weighted by Crippen LogP contribution is -2.19. The van der Waals surface area contributed by atoms with Gasteiger partial charge >= 0.3 is 0 Å². The summed E-state index contributed by atoms with van der Waals surface area (Å²) < 4.78 is 10.2. The molecule has 3 heterocycles. The zero-order chi connectivity index (χ0) is 55.0.